The van der Waals surface area contributed by atoms with Crippen LogP contribution in [0.15, 0.2) is 22.7 Å². The molecular weight excluding hydrogens is 306 g/mol. The van der Waals surface area contributed by atoms with E-state index in [1.54, 1.807) is 0 Å². The molecule has 0 aromatic heterocycles. The van der Waals surface area contributed by atoms with Crippen molar-refractivity contribution in [1.29, 1.82) is 0 Å². The smallest absolute Gasteiger partial charge is 0.251 e. The first-order valence-electron chi connectivity index (χ1n) is 6.81. The van der Waals surface area contributed by atoms with Gasteiger partial charge in [0, 0.05) is 22.5 Å². The standard InChI is InChI=1S/C15H20BrNO2/c1-10-12(6-4-7-13(10)16)15(19)17-9-11-5-2-3-8-14(11)18/h4,6-7,11,14,18H,2-3,5,8-9H2,1H3,(H,17,19). The van der Waals surface area contributed by atoms with Crippen LogP contribution in [0.25, 0.3) is 0 Å². The molecule has 2 unspecified atom stereocenters. The fourth-order valence-electron chi connectivity index (χ4n) is 2.60. The van der Waals surface area contributed by atoms with Crippen LogP contribution in [0.2, 0.25) is 0 Å². The molecule has 1 amide bonds. The van der Waals surface area contributed by atoms with Gasteiger partial charge in [-0.2, -0.15) is 0 Å². The summed E-state index contributed by atoms with van der Waals surface area (Å²) in [6, 6.07) is 5.62. The second kappa shape index (κ2) is 6.53. The zero-order chi connectivity index (χ0) is 13.8. The average Bonchev–Trinajstić information content (AvgIpc) is 2.40. The molecule has 1 aliphatic rings. The first kappa shape index (κ1) is 14.5. The van der Waals surface area contributed by atoms with Crippen LogP contribution in [0, 0.1) is 12.8 Å². The van der Waals surface area contributed by atoms with Gasteiger partial charge in [0.25, 0.3) is 5.91 Å². The highest BCUT2D eigenvalue weighted by Gasteiger charge is 2.23. The topological polar surface area (TPSA) is 49.3 Å². The lowest BCUT2D eigenvalue weighted by Crippen LogP contribution is -2.36. The molecule has 104 valence electrons. The normalized spacial score (nSPS) is 23.1. The average molecular weight is 326 g/mol. The van der Waals surface area contributed by atoms with Crippen molar-refractivity contribution in [3.63, 3.8) is 0 Å². The van der Waals surface area contributed by atoms with Gasteiger partial charge in [-0.05, 0) is 37.5 Å². The van der Waals surface area contributed by atoms with E-state index < -0.39 is 0 Å². The highest BCUT2D eigenvalue weighted by atomic mass is 79.9. The number of nitrogens with one attached hydrogen (secondary N) is 1. The molecule has 0 radical (unpaired) electrons. The van der Waals surface area contributed by atoms with E-state index in [0.717, 1.165) is 35.7 Å². The SMILES string of the molecule is Cc1c(Br)cccc1C(=O)NCC1CCCCC1O. The monoisotopic (exact) mass is 325 g/mol. The molecule has 1 saturated carbocycles. The van der Waals surface area contributed by atoms with E-state index >= 15 is 0 Å². The van der Waals surface area contributed by atoms with E-state index in [2.05, 4.69) is 21.2 Å². The predicted molar refractivity (Wildman–Crippen MR) is 79.2 cm³/mol. The largest absolute Gasteiger partial charge is 0.393 e. The summed E-state index contributed by atoms with van der Waals surface area (Å²) < 4.78 is 0.942. The van der Waals surface area contributed by atoms with Gasteiger partial charge in [0.1, 0.15) is 0 Å². The van der Waals surface area contributed by atoms with Crippen molar-refractivity contribution in [2.24, 2.45) is 5.92 Å². The number of aliphatic hydroxyl groups excluding tert-OH is 1. The van der Waals surface area contributed by atoms with Crippen LogP contribution in [-0.2, 0) is 0 Å². The van der Waals surface area contributed by atoms with E-state index in [1.807, 2.05) is 25.1 Å². The van der Waals surface area contributed by atoms with Crippen molar-refractivity contribution >= 4 is 21.8 Å². The van der Waals surface area contributed by atoms with Gasteiger partial charge in [0.2, 0.25) is 0 Å². The fourth-order valence-corrected chi connectivity index (χ4v) is 2.96. The maximum atomic E-state index is 12.2. The Labute approximate surface area is 122 Å². The molecule has 0 spiro atoms. The summed E-state index contributed by atoms with van der Waals surface area (Å²) in [5.74, 6) is 0.140. The van der Waals surface area contributed by atoms with Crippen LogP contribution in [0.4, 0.5) is 0 Å². The summed E-state index contributed by atoms with van der Waals surface area (Å²) in [4.78, 5) is 12.2. The molecule has 4 heteroatoms. The quantitative estimate of drug-likeness (QED) is 0.897. The molecule has 2 N–H and O–H groups in total. The minimum Gasteiger partial charge on any atom is -0.393 e. The third kappa shape index (κ3) is 3.57. The van der Waals surface area contributed by atoms with Crippen LogP contribution in [0.3, 0.4) is 0 Å². The lowest BCUT2D eigenvalue weighted by Gasteiger charge is -2.27. The fraction of sp³-hybridized carbons (Fsp3) is 0.533. The van der Waals surface area contributed by atoms with E-state index in [0.29, 0.717) is 12.1 Å². The summed E-state index contributed by atoms with van der Waals surface area (Å²) >= 11 is 3.43. The molecule has 1 aromatic rings. The van der Waals surface area contributed by atoms with Crippen molar-refractivity contribution < 1.29 is 9.90 Å². The first-order valence-corrected chi connectivity index (χ1v) is 7.60. The highest BCUT2D eigenvalue weighted by Crippen LogP contribution is 2.24. The molecule has 1 aliphatic carbocycles. The molecule has 0 saturated heterocycles. The number of amides is 1. The molecule has 2 atom stereocenters. The Morgan fingerprint density at radius 1 is 1.42 bits per heavy atom. The number of hydrogen-bond acceptors (Lipinski definition) is 2. The molecule has 3 nitrogen and oxygen atoms in total. The van der Waals surface area contributed by atoms with Gasteiger partial charge in [0.05, 0.1) is 6.10 Å². The molecule has 1 fully saturated rings. The van der Waals surface area contributed by atoms with E-state index in [1.165, 1.54) is 0 Å². The Kier molecular flexibility index (Phi) is 4.99. The number of carbonyl (C=O) groups excluding carboxylic acids is 1. The van der Waals surface area contributed by atoms with Gasteiger partial charge >= 0.3 is 0 Å². The van der Waals surface area contributed by atoms with Gasteiger partial charge in [-0.15, -0.1) is 0 Å². The summed E-state index contributed by atoms with van der Waals surface area (Å²) in [5, 5.41) is 12.8. The van der Waals surface area contributed by atoms with Gasteiger partial charge in [-0.3, -0.25) is 4.79 Å². The number of halogens is 1. The Morgan fingerprint density at radius 2 is 2.16 bits per heavy atom. The van der Waals surface area contributed by atoms with Crippen molar-refractivity contribution in [3.8, 4) is 0 Å². The van der Waals surface area contributed by atoms with Crippen molar-refractivity contribution in [1.82, 2.24) is 5.32 Å². The summed E-state index contributed by atoms with van der Waals surface area (Å²) in [6.45, 7) is 2.49. The Morgan fingerprint density at radius 3 is 2.89 bits per heavy atom. The van der Waals surface area contributed by atoms with Gasteiger partial charge < -0.3 is 10.4 Å². The number of hydrogen-bond donors (Lipinski definition) is 2. The van der Waals surface area contributed by atoms with Crippen molar-refractivity contribution in [3.05, 3.63) is 33.8 Å². The summed E-state index contributed by atoms with van der Waals surface area (Å²) in [7, 11) is 0. The van der Waals surface area contributed by atoms with Crippen LogP contribution >= 0.6 is 15.9 Å². The zero-order valence-corrected chi connectivity index (χ0v) is 12.7. The van der Waals surface area contributed by atoms with E-state index in [9.17, 15) is 9.90 Å². The lowest BCUT2D eigenvalue weighted by molar-refractivity contribution is 0.0663. The number of rotatable bonds is 3. The van der Waals surface area contributed by atoms with Crippen molar-refractivity contribution in [2.75, 3.05) is 6.54 Å². The first-order chi connectivity index (χ1) is 9.09. The molecular formula is C15H20BrNO2. The zero-order valence-electron chi connectivity index (χ0n) is 11.2. The third-order valence-electron chi connectivity index (χ3n) is 3.91. The van der Waals surface area contributed by atoms with Crippen LogP contribution < -0.4 is 5.32 Å². The lowest BCUT2D eigenvalue weighted by atomic mass is 9.86. The maximum absolute atomic E-state index is 12.2. The van der Waals surface area contributed by atoms with Gasteiger partial charge in [-0.1, -0.05) is 34.8 Å². The molecule has 19 heavy (non-hydrogen) atoms. The van der Waals surface area contributed by atoms with Crippen molar-refractivity contribution in [2.45, 2.75) is 38.7 Å². The molecule has 0 aliphatic heterocycles. The predicted octanol–water partition coefficient (Wildman–Crippen LogP) is 3.04. The van der Waals surface area contributed by atoms with E-state index in [-0.39, 0.29) is 17.9 Å². The molecule has 2 rings (SSSR count). The molecule has 1 aromatic carbocycles. The second-order valence-corrected chi connectivity index (χ2v) is 6.09. The van der Waals surface area contributed by atoms with Gasteiger partial charge in [0.15, 0.2) is 0 Å². The maximum Gasteiger partial charge on any atom is 0.251 e. The van der Waals surface area contributed by atoms with E-state index in [4.69, 9.17) is 0 Å². The van der Waals surface area contributed by atoms with Crippen LogP contribution in [0.1, 0.15) is 41.6 Å². The number of carbonyl (C=O) groups is 1. The molecule has 0 heterocycles. The Hall–Kier alpha value is -0.870. The summed E-state index contributed by atoms with van der Waals surface area (Å²) in [5.41, 5.74) is 1.64. The van der Waals surface area contributed by atoms with Gasteiger partial charge in [-0.25, -0.2) is 0 Å². The highest BCUT2D eigenvalue weighted by molar-refractivity contribution is 9.10. The summed E-state index contributed by atoms with van der Waals surface area (Å²) in [6.07, 6.45) is 3.83. The Balaban J connectivity index is 1.95. The Bertz CT molecular complexity index is 461. The third-order valence-corrected chi connectivity index (χ3v) is 4.77. The number of benzene rings is 1. The minimum atomic E-state index is -0.266. The van der Waals surface area contributed by atoms with Crippen LogP contribution in [-0.4, -0.2) is 23.7 Å². The molecule has 0 bridgehead atoms. The second-order valence-electron chi connectivity index (χ2n) is 5.23. The minimum absolute atomic E-state index is 0.0587. The number of aliphatic hydroxyl groups is 1. The van der Waals surface area contributed by atoms with Crippen LogP contribution in [0.5, 0.6) is 0 Å².